The van der Waals surface area contributed by atoms with E-state index in [0.717, 1.165) is 22.6 Å². The molecule has 146 valence electrons. The van der Waals surface area contributed by atoms with Crippen LogP contribution < -0.4 is 0 Å². The molecule has 0 unspecified atom stereocenters. The molecule has 4 heteroatoms. The molecule has 0 radical (unpaired) electrons. The van der Waals surface area contributed by atoms with Crippen molar-refractivity contribution in [2.24, 2.45) is 0 Å². The summed E-state index contributed by atoms with van der Waals surface area (Å²) in [6, 6.07) is 29.6. The average molecular weight is 443 g/mol. The molecule has 0 aromatic heterocycles. The standard InChI is InChI=1S/C26H18OS3/c27-30(25-13-5-11-23-19(25)15-17-7-1-3-9-21(17)28-23)26-14-6-12-24-20(26)16-18-8-2-4-10-22(18)29-24/h1-14H,15-16H2. The molecule has 2 aliphatic rings. The number of hydrogen-bond acceptors (Lipinski definition) is 3. The van der Waals surface area contributed by atoms with Crippen molar-refractivity contribution in [1.82, 2.24) is 0 Å². The minimum Gasteiger partial charge on any atom is -0.249 e. The normalized spacial score (nSPS) is 13.9. The fourth-order valence-electron chi connectivity index (χ4n) is 4.21. The van der Waals surface area contributed by atoms with Gasteiger partial charge in [0.15, 0.2) is 0 Å². The highest BCUT2D eigenvalue weighted by molar-refractivity contribution is 7.99. The van der Waals surface area contributed by atoms with Gasteiger partial charge in [-0.2, -0.15) is 0 Å². The molecule has 4 aromatic carbocycles. The Hall–Kier alpha value is -2.27. The number of benzene rings is 4. The third-order valence-electron chi connectivity index (χ3n) is 5.70. The number of fused-ring (bicyclic) bond motifs is 4. The summed E-state index contributed by atoms with van der Waals surface area (Å²) in [5.74, 6) is 0. The van der Waals surface area contributed by atoms with Gasteiger partial charge in [-0.3, -0.25) is 0 Å². The van der Waals surface area contributed by atoms with Crippen molar-refractivity contribution in [2.75, 3.05) is 0 Å². The van der Waals surface area contributed by atoms with E-state index in [9.17, 15) is 4.21 Å². The van der Waals surface area contributed by atoms with Crippen molar-refractivity contribution in [3.63, 3.8) is 0 Å². The molecule has 0 fully saturated rings. The van der Waals surface area contributed by atoms with Gasteiger partial charge in [0.05, 0.1) is 10.8 Å². The van der Waals surface area contributed by atoms with Gasteiger partial charge in [-0.25, -0.2) is 4.21 Å². The summed E-state index contributed by atoms with van der Waals surface area (Å²) in [4.78, 5) is 6.96. The Morgan fingerprint density at radius 1 is 0.533 bits per heavy atom. The van der Waals surface area contributed by atoms with Crippen molar-refractivity contribution in [3.05, 3.63) is 107 Å². The van der Waals surface area contributed by atoms with Gasteiger partial charge in [0.2, 0.25) is 0 Å². The van der Waals surface area contributed by atoms with Gasteiger partial charge >= 0.3 is 0 Å². The highest BCUT2D eigenvalue weighted by atomic mass is 32.2. The highest BCUT2D eigenvalue weighted by Gasteiger charge is 2.25. The molecule has 4 aromatic rings. The van der Waals surface area contributed by atoms with E-state index in [1.807, 2.05) is 24.3 Å². The summed E-state index contributed by atoms with van der Waals surface area (Å²) < 4.78 is 13.9. The van der Waals surface area contributed by atoms with Crippen molar-refractivity contribution >= 4 is 34.3 Å². The molecule has 0 saturated carbocycles. The Labute approximate surface area is 187 Å². The van der Waals surface area contributed by atoms with Crippen LogP contribution in [0.2, 0.25) is 0 Å². The zero-order valence-corrected chi connectivity index (χ0v) is 18.6. The van der Waals surface area contributed by atoms with Gasteiger partial charge in [-0.15, -0.1) is 0 Å². The second-order valence-corrected chi connectivity index (χ2v) is 11.1. The third-order valence-corrected chi connectivity index (χ3v) is 9.70. The van der Waals surface area contributed by atoms with Gasteiger partial charge in [0.1, 0.15) is 0 Å². The predicted molar refractivity (Wildman–Crippen MR) is 124 cm³/mol. The van der Waals surface area contributed by atoms with Gasteiger partial charge < -0.3 is 0 Å². The maximum Gasteiger partial charge on any atom is 0.0856 e. The van der Waals surface area contributed by atoms with Gasteiger partial charge in [-0.1, -0.05) is 72.1 Å². The minimum absolute atomic E-state index is 0.840. The van der Waals surface area contributed by atoms with Gasteiger partial charge in [0, 0.05) is 42.2 Å². The zero-order valence-electron chi connectivity index (χ0n) is 16.1. The first-order valence-electron chi connectivity index (χ1n) is 9.95. The molecular formula is C26H18OS3. The number of hydrogen-bond donors (Lipinski definition) is 0. The Morgan fingerprint density at radius 3 is 1.47 bits per heavy atom. The van der Waals surface area contributed by atoms with Crippen molar-refractivity contribution < 1.29 is 4.21 Å². The monoisotopic (exact) mass is 442 g/mol. The molecule has 0 bridgehead atoms. The molecule has 2 heterocycles. The lowest BCUT2D eigenvalue weighted by Crippen LogP contribution is -2.09. The first-order chi connectivity index (χ1) is 14.8. The van der Waals surface area contributed by atoms with Crippen LogP contribution in [0.15, 0.2) is 114 Å². The molecule has 0 aliphatic carbocycles. The van der Waals surface area contributed by atoms with Crippen LogP contribution in [0.5, 0.6) is 0 Å². The maximum atomic E-state index is 13.9. The van der Waals surface area contributed by atoms with Crippen LogP contribution in [0.1, 0.15) is 22.3 Å². The van der Waals surface area contributed by atoms with E-state index < -0.39 is 10.8 Å². The maximum absolute atomic E-state index is 13.9. The predicted octanol–water partition coefficient (Wildman–Crippen LogP) is 6.96. The van der Waals surface area contributed by atoms with Crippen LogP contribution >= 0.6 is 23.5 Å². The van der Waals surface area contributed by atoms with Crippen LogP contribution in [0.25, 0.3) is 0 Å². The van der Waals surface area contributed by atoms with E-state index >= 15 is 0 Å². The lowest BCUT2D eigenvalue weighted by molar-refractivity contribution is 0.680. The fraction of sp³-hybridized carbons (Fsp3) is 0.0769. The van der Waals surface area contributed by atoms with E-state index in [1.165, 1.54) is 41.8 Å². The SMILES string of the molecule is O=S(c1cccc2c1Cc1ccccc1S2)c1cccc2c1Cc1ccccc1S2. The molecule has 0 atom stereocenters. The summed E-state index contributed by atoms with van der Waals surface area (Å²) >= 11 is 3.58. The Bertz CT molecular complexity index is 1220. The Balaban J connectivity index is 1.43. The number of rotatable bonds is 2. The molecule has 0 N–H and O–H groups in total. The topological polar surface area (TPSA) is 17.1 Å². The third kappa shape index (κ3) is 3.06. The molecule has 2 aliphatic heterocycles. The summed E-state index contributed by atoms with van der Waals surface area (Å²) in [7, 11) is -1.21. The molecule has 1 nitrogen and oxygen atoms in total. The summed E-state index contributed by atoms with van der Waals surface area (Å²) in [6.45, 7) is 0. The van der Waals surface area contributed by atoms with Crippen LogP contribution in [0.4, 0.5) is 0 Å². The van der Waals surface area contributed by atoms with Crippen LogP contribution in [-0.4, -0.2) is 4.21 Å². The van der Waals surface area contributed by atoms with Crippen molar-refractivity contribution in [2.45, 2.75) is 42.2 Å². The zero-order chi connectivity index (χ0) is 20.1. The first-order valence-corrected chi connectivity index (χ1v) is 12.7. The van der Waals surface area contributed by atoms with Gasteiger partial charge in [-0.05, 0) is 58.7 Å². The molecule has 30 heavy (non-hydrogen) atoms. The van der Waals surface area contributed by atoms with E-state index in [4.69, 9.17) is 0 Å². The summed E-state index contributed by atoms with van der Waals surface area (Å²) in [5, 5.41) is 0. The van der Waals surface area contributed by atoms with Crippen molar-refractivity contribution in [3.8, 4) is 0 Å². The smallest absolute Gasteiger partial charge is 0.0856 e. The van der Waals surface area contributed by atoms with E-state index in [-0.39, 0.29) is 0 Å². The molecular weight excluding hydrogens is 424 g/mol. The van der Waals surface area contributed by atoms with Gasteiger partial charge in [0.25, 0.3) is 0 Å². The van der Waals surface area contributed by atoms with E-state index in [1.54, 1.807) is 23.5 Å². The largest absolute Gasteiger partial charge is 0.249 e. The van der Waals surface area contributed by atoms with E-state index in [0.29, 0.717) is 0 Å². The minimum atomic E-state index is -1.21. The lowest BCUT2D eigenvalue weighted by atomic mass is 10.0. The quantitative estimate of drug-likeness (QED) is 0.288. The van der Waals surface area contributed by atoms with Crippen molar-refractivity contribution in [1.29, 1.82) is 0 Å². The van der Waals surface area contributed by atoms with Crippen LogP contribution in [0.3, 0.4) is 0 Å². The Morgan fingerprint density at radius 2 is 0.967 bits per heavy atom. The second kappa shape index (κ2) is 7.45. The van der Waals surface area contributed by atoms with Crippen LogP contribution in [0, 0.1) is 0 Å². The molecule has 0 amide bonds. The Kier molecular flexibility index (Phi) is 4.59. The second-order valence-electron chi connectivity index (χ2n) is 7.51. The molecule has 6 rings (SSSR count). The van der Waals surface area contributed by atoms with E-state index in [2.05, 4.69) is 60.7 Å². The summed E-state index contributed by atoms with van der Waals surface area (Å²) in [5.41, 5.74) is 5.06. The average Bonchev–Trinajstić information content (AvgIpc) is 2.80. The fourth-order valence-corrected chi connectivity index (χ4v) is 8.01. The van der Waals surface area contributed by atoms with Crippen LogP contribution in [-0.2, 0) is 23.6 Å². The molecule has 0 saturated heterocycles. The lowest BCUT2D eigenvalue weighted by Gasteiger charge is -2.24. The first kappa shape index (κ1) is 18.5. The summed E-state index contributed by atoms with van der Waals surface area (Å²) in [6.07, 6.45) is 1.68. The molecule has 0 spiro atoms. The highest BCUT2D eigenvalue weighted by Crippen LogP contribution is 2.44.